The van der Waals surface area contributed by atoms with E-state index < -0.39 is 0 Å². The lowest BCUT2D eigenvalue weighted by Gasteiger charge is -2.17. The molecule has 1 atom stereocenters. The molecule has 0 amide bonds. The van der Waals surface area contributed by atoms with Gasteiger partial charge >= 0.3 is 0 Å². The van der Waals surface area contributed by atoms with Gasteiger partial charge in [-0.1, -0.05) is 93.6 Å². The molecule has 4 rings (SSSR count). The number of benzene rings is 4. The van der Waals surface area contributed by atoms with Gasteiger partial charge in [-0.05, 0) is 44.3 Å². The summed E-state index contributed by atoms with van der Waals surface area (Å²) in [4.78, 5) is 0. The van der Waals surface area contributed by atoms with Crippen LogP contribution in [0.3, 0.4) is 0 Å². The SMILES string of the molecule is CCCCCCCC(S)c1ccc2ccc3cccc4ccc1c2c34. The Balaban J connectivity index is 1.72. The molecule has 0 aliphatic heterocycles. The first-order chi connectivity index (χ1) is 12.3. The first-order valence-electron chi connectivity index (χ1n) is 9.64. The molecule has 4 aromatic carbocycles. The van der Waals surface area contributed by atoms with E-state index in [-0.39, 0.29) is 0 Å². The molecule has 0 bridgehead atoms. The van der Waals surface area contributed by atoms with Crippen molar-refractivity contribution in [3.05, 3.63) is 60.2 Å². The van der Waals surface area contributed by atoms with Crippen molar-refractivity contribution in [2.45, 2.75) is 50.7 Å². The number of rotatable bonds is 7. The molecule has 0 radical (unpaired) electrons. The summed E-state index contributed by atoms with van der Waals surface area (Å²) in [5.41, 5.74) is 1.39. The number of unbranched alkanes of at least 4 members (excludes halogenated alkanes) is 4. The number of hydrogen-bond acceptors (Lipinski definition) is 1. The highest BCUT2D eigenvalue weighted by Gasteiger charge is 2.14. The van der Waals surface area contributed by atoms with Gasteiger partial charge in [0.05, 0.1) is 0 Å². The Morgan fingerprint density at radius 1 is 0.720 bits per heavy atom. The number of hydrogen-bond donors (Lipinski definition) is 1. The largest absolute Gasteiger partial charge is 0.171 e. The molecule has 1 unspecified atom stereocenters. The van der Waals surface area contributed by atoms with Crippen molar-refractivity contribution in [3.63, 3.8) is 0 Å². The normalized spacial score (nSPS) is 13.2. The Labute approximate surface area is 156 Å². The zero-order chi connectivity index (χ0) is 17.2. The molecular weight excluding hydrogens is 320 g/mol. The van der Waals surface area contributed by atoms with Crippen LogP contribution in [0.4, 0.5) is 0 Å². The van der Waals surface area contributed by atoms with Gasteiger partial charge in [0, 0.05) is 5.25 Å². The van der Waals surface area contributed by atoms with E-state index in [1.807, 2.05) is 0 Å². The first-order valence-corrected chi connectivity index (χ1v) is 10.2. The summed E-state index contributed by atoms with van der Waals surface area (Å²) in [6, 6.07) is 20.3. The summed E-state index contributed by atoms with van der Waals surface area (Å²) in [6.45, 7) is 2.27. The Hall–Kier alpha value is -1.73. The summed E-state index contributed by atoms with van der Waals surface area (Å²) in [7, 11) is 0. The van der Waals surface area contributed by atoms with Gasteiger partial charge < -0.3 is 0 Å². The summed E-state index contributed by atoms with van der Waals surface area (Å²) in [6.07, 6.45) is 7.79. The molecule has 0 nitrogen and oxygen atoms in total. The second-order valence-electron chi connectivity index (χ2n) is 7.23. The Morgan fingerprint density at radius 2 is 1.36 bits per heavy atom. The Kier molecular flexibility index (Phi) is 4.85. The Morgan fingerprint density at radius 3 is 2.12 bits per heavy atom. The van der Waals surface area contributed by atoms with E-state index in [1.54, 1.807) is 0 Å². The van der Waals surface area contributed by atoms with E-state index in [2.05, 4.69) is 61.5 Å². The lowest BCUT2D eigenvalue weighted by atomic mass is 9.90. The smallest absolute Gasteiger partial charge is 0.0273 e. The van der Waals surface area contributed by atoms with E-state index in [0.717, 1.165) is 6.42 Å². The van der Waals surface area contributed by atoms with Gasteiger partial charge in [0.15, 0.2) is 0 Å². The van der Waals surface area contributed by atoms with Crippen molar-refractivity contribution < 1.29 is 0 Å². The lowest BCUT2D eigenvalue weighted by Crippen LogP contribution is -1.94. The summed E-state index contributed by atoms with van der Waals surface area (Å²) in [5.74, 6) is 0. The maximum absolute atomic E-state index is 4.97. The molecule has 0 saturated carbocycles. The van der Waals surface area contributed by atoms with Crippen LogP contribution in [0.5, 0.6) is 0 Å². The molecule has 0 aliphatic rings. The maximum atomic E-state index is 4.97. The van der Waals surface area contributed by atoms with Crippen LogP contribution in [-0.4, -0.2) is 0 Å². The molecule has 0 saturated heterocycles. The predicted octanol–water partition coefficient (Wildman–Crippen LogP) is 7.92. The molecule has 0 aromatic heterocycles. The molecule has 25 heavy (non-hydrogen) atoms. The molecule has 4 aromatic rings. The van der Waals surface area contributed by atoms with Crippen molar-refractivity contribution in [2.75, 3.05) is 0 Å². The van der Waals surface area contributed by atoms with Crippen LogP contribution in [0.2, 0.25) is 0 Å². The summed E-state index contributed by atoms with van der Waals surface area (Å²) >= 11 is 4.97. The molecule has 0 N–H and O–H groups in total. The third-order valence-electron chi connectivity index (χ3n) is 5.50. The molecule has 0 spiro atoms. The Bertz CT molecular complexity index is 970. The van der Waals surface area contributed by atoms with Crippen molar-refractivity contribution in [2.24, 2.45) is 0 Å². The fraction of sp³-hybridized carbons (Fsp3) is 0.333. The highest BCUT2D eigenvalue weighted by atomic mass is 32.1. The summed E-state index contributed by atoms with van der Waals surface area (Å²) < 4.78 is 0. The molecule has 0 aliphatic carbocycles. The highest BCUT2D eigenvalue weighted by Crippen LogP contribution is 2.39. The quantitative estimate of drug-likeness (QED) is 0.196. The van der Waals surface area contributed by atoms with Crippen LogP contribution in [-0.2, 0) is 0 Å². The topological polar surface area (TPSA) is 0 Å². The average Bonchev–Trinajstić information content (AvgIpc) is 2.65. The standard InChI is InChI=1S/C24H26S/c1-2-3-4-5-6-10-22(25)20-15-13-19-12-11-17-8-7-9-18-14-16-21(20)24(19)23(17)18/h7-9,11-16,22,25H,2-6,10H2,1H3. The van der Waals surface area contributed by atoms with Crippen LogP contribution < -0.4 is 0 Å². The minimum absolute atomic E-state index is 0.325. The van der Waals surface area contributed by atoms with Gasteiger partial charge in [-0.15, -0.1) is 0 Å². The van der Waals surface area contributed by atoms with E-state index in [0.29, 0.717) is 5.25 Å². The van der Waals surface area contributed by atoms with Gasteiger partial charge in [0.1, 0.15) is 0 Å². The second kappa shape index (κ2) is 7.25. The van der Waals surface area contributed by atoms with Crippen molar-refractivity contribution in [1.82, 2.24) is 0 Å². The van der Waals surface area contributed by atoms with Crippen LogP contribution in [0.1, 0.15) is 56.3 Å². The zero-order valence-electron chi connectivity index (χ0n) is 15.0. The van der Waals surface area contributed by atoms with Crippen LogP contribution in [0.25, 0.3) is 32.3 Å². The fourth-order valence-corrected chi connectivity index (χ4v) is 4.55. The number of thiol groups is 1. The van der Waals surface area contributed by atoms with E-state index in [9.17, 15) is 0 Å². The van der Waals surface area contributed by atoms with Crippen molar-refractivity contribution in [1.29, 1.82) is 0 Å². The average molecular weight is 347 g/mol. The van der Waals surface area contributed by atoms with Crippen LogP contribution >= 0.6 is 12.6 Å². The van der Waals surface area contributed by atoms with Gasteiger partial charge in [0.25, 0.3) is 0 Å². The van der Waals surface area contributed by atoms with Gasteiger partial charge in [0.2, 0.25) is 0 Å². The monoisotopic (exact) mass is 346 g/mol. The molecular formula is C24H26S. The zero-order valence-corrected chi connectivity index (χ0v) is 15.9. The molecule has 0 fully saturated rings. The van der Waals surface area contributed by atoms with Gasteiger partial charge in [-0.3, -0.25) is 0 Å². The molecule has 0 heterocycles. The van der Waals surface area contributed by atoms with Crippen molar-refractivity contribution in [3.8, 4) is 0 Å². The van der Waals surface area contributed by atoms with Crippen LogP contribution in [0, 0.1) is 0 Å². The summed E-state index contributed by atoms with van der Waals surface area (Å²) in [5, 5.41) is 8.54. The van der Waals surface area contributed by atoms with E-state index in [1.165, 1.54) is 70.0 Å². The third kappa shape index (κ3) is 3.11. The third-order valence-corrected chi connectivity index (χ3v) is 6.04. The molecule has 1 heteroatoms. The first kappa shape index (κ1) is 16.7. The van der Waals surface area contributed by atoms with Gasteiger partial charge in [-0.2, -0.15) is 12.6 Å². The van der Waals surface area contributed by atoms with Crippen LogP contribution in [0.15, 0.2) is 54.6 Å². The molecule has 128 valence electrons. The van der Waals surface area contributed by atoms with E-state index >= 15 is 0 Å². The maximum Gasteiger partial charge on any atom is 0.0273 e. The highest BCUT2D eigenvalue weighted by molar-refractivity contribution is 7.80. The van der Waals surface area contributed by atoms with Gasteiger partial charge in [-0.25, -0.2) is 0 Å². The fourth-order valence-electron chi connectivity index (χ4n) is 4.15. The minimum Gasteiger partial charge on any atom is -0.171 e. The van der Waals surface area contributed by atoms with E-state index in [4.69, 9.17) is 12.6 Å². The minimum atomic E-state index is 0.325. The lowest BCUT2D eigenvalue weighted by molar-refractivity contribution is 0.605. The van der Waals surface area contributed by atoms with Crippen molar-refractivity contribution >= 4 is 44.9 Å². The predicted molar refractivity (Wildman–Crippen MR) is 115 cm³/mol. The second-order valence-corrected chi connectivity index (χ2v) is 7.85.